The van der Waals surface area contributed by atoms with Gasteiger partial charge in [-0.25, -0.2) is 0 Å². The van der Waals surface area contributed by atoms with Gasteiger partial charge < -0.3 is 13.7 Å². The second kappa shape index (κ2) is 11.8. The van der Waals surface area contributed by atoms with E-state index < -0.39 is 0 Å². The monoisotopic (exact) mass is 699 g/mol. The topological polar surface area (TPSA) is 62.4 Å². The molecule has 55 heavy (non-hydrogen) atoms. The van der Waals surface area contributed by atoms with E-state index in [4.69, 9.17) is 0 Å². The molecular formula is C50H29N5. The molecule has 0 saturated heterocycles. The number of nitrogens with zero attached hydrogens (tertiary/aromatic N) is 5. The van der Waals surface area contributed by atoms with Crippen molar-refractivity contribution in [2.45, 2.75) is 0 Å². The standard InChI is InChI=1S/C50H29N5/c51-30-32-13-11-26-49-50(32)39-18-5-10-24-46(39)55(49)44-22-8-1-14-35(44)34-19-12-25-47(41(34)31-52)54-45-23-9-4-17-38(45)40-29-33(27-28-48(40)54)53-42-20-6-2-15-36(42)37-16-3-7-21-43(37)53/h1-29H. The molecule has 0 saturated carbocycles. The third kappa shape index (κ3) is 4.33. The largest absolute Gasteiger partial charge is 0.309 e. The molecule has 0 spiro atoms. The first-order valence-electron chi connectivity index (χ1n) is 18.3. The highest BCUT2D eigenvalue weighted by Crippen LogP contribution is 2.41. The van der Waals surface area contributed by atoms with E-state index in [1.54, 1.807) is 0 Å². The van der Waals surface area contributed by atoms with E-state index in [1.165, 1.54) is 10.8 Å². The summed E-state index contributed by atoms with van der Waals surface area (Å²) in [7, 11) is 0. The lowest BCUT2D eigenvalue weighted by Crippen LogP contribution is -2.02. The van der Waals surface area contributed by atoms with E-state index >= 15 is 0 Å². The van der Waals surface area contributed by atoms with Crippen LogP contribution in [0.25, 0.3) is 93.6 Å². The Morgan fingerprint density at radius 3 is 1.53 bits per heavy atom. The van der Waals surface area contributed by atoms with E-state index in [1.807, 2.05) is 42.5 Å². The van der Waals surface area contributed by atoms with Crippen molar-refractivity contribution in [3.63, 3.8) is 0 Å². The van der Waals surface area contributed by atoms with Gasteiger partial charge in [-0.15, -0.1) is 0 Å². The second-order valence-electron chi connectivity index (χ2n) is 13.9. The van der Waals surface area contributed by atoms with Crippen molar-refractivity contribution in [1.82, 2.24) is 13.7 Å². The molecule has 5 nitrogen and oxygen atoms in total. The first-order chi connectivity index (χ1) is 27.2. The SMILES string of the molecule is N#Cc1c(-c2ccccc2-n2c3ccccc3c3c(C#N)cccc32)cccc1-n1c2ccccc2c2cc(-n3c4ccccc4c4ccccc43)ccc21. The number of fused-ring (bicyclic) bond motifs is 9. The zero-order valence-corrected chi connectivity index (χ0v) is 29.5. The highest BCUT2D eigenvalue weighted by Gasteiger charge is 2.22. The summed E-state index contributed by atoms with van der Waals surface area (Å²) in [6.07, 6.45) is 0. The van der Waals surface area contributed by atoms with Gasteiger partial charge in [-0.05, 0) is 66.7 Å². The minimum Gasteiger partial charge on any atom is -0.309 e. The molecule has 0 amide bonds. The van der Waals surface area contributed by atoms with Crippen LogP contribution in [0.5, 0.6) is 0 Å². The molecule has 254 valence electrons. The molecule has 0 aliphatic heterocycles. The Labute approximate surface area is 316 Å². The Kier molecular flexibility index (Phi) is 6.61. The van der Waals surface area contributed by atoms with Crippen molar-refractivity contribution in [2.75, 3.05) is 0 Å². The molecule has 3 aromatic heterocycles. The van der Waals surface area contributed by atoms with Crippen LogP contribution in [0.3, 0.4) is 0 Å². The first-order valence-corrected chi connectivity index (χ1v) is 18.3. The quantitative estimate of drug-likeness (QED) is 0.184. The zero-order chi connectivity index (χ0) is 36.6. The lowest BCUT2D eigenvalue weighted by molar-refractivity contribution is 1.15. The summed E-state index contributed by atoms with van der Waals surface area (Å²) >= 11 is 0. The van der Waals surface area contributed by atoms with Gasteiger partial charge in [0, 0.05) is 49.1 Å². The Morgan fingerprint density at radius 2 is 0.836 bits per heavy atom. The normalized spacial score (nSPS) is 11.6. The van der Waals surface area contributed by atoms with Gasteiger partial charge >= 0.3 is 0 Å². The smallest absolute Gasteiger partial charge is 0.102 e. The minimum atomic E-state index is 0.586. The van der Waals surface area contributed by atoms with Gasteiger partial charge in [0.15, 0.2) is 0 Å². The summed E-state index contributed by atoms with van der Waals surface area (Å²) in [6.45, 7) is 0. The Morgan fingerprint density at radius 1 is 0.345 bits per heavy atom. The highest BCUT2D eigenvalue weighted by molar-refractivity contribution is 6.14. The molecule has 0 aliphatic rings. The van der Waals surface area contributed by atoms with Crippen molar-refractivity contribution >= 4 is 65.4 Å². The molecule has 0 unspecified atom stereocenters. The molecule has 11 rings (SSSR count). The van der Waals surface area contributed by atoms with Crippen LogP contribution < -0.4 is 0 Å². The maximum Gasteiger partial charge on any atom is 0.102 e. The van der Waals surface area contributed by atoms with Crippen molar-refractivity contribution in [2.24, 2.45) is 0 Å². The number of benzene rings is 8. The molecule has 0 radical (unpaired) electrons. The Hall–Kier alpha value is -7.86. The summed E-state index contributed by atoms with van der Waals surface area (Å²) in [5.41, 5.74) is 12.2. The van der Waals surface area contributed by atoms with Crippen LogP contribution in [0.1, 0.15) is 11.1 Å². The van der Waals surface area contributed by atoms with Crippen LogP contribution in [-0.4, -0.2) is 13.7 Å². The van der Waals surface area contributed by atoms with E-state index in [-0.39, 0.29) is 0 Å². The fourth-order valence-corrected chi connectivity index (χ4v) is 8.90. The summed E-state index contributed by atoms with van der Waals surface area (Å²) in [5.74, 6) is 0. The maximum absolute atomic E-state index is 11.1. The predicted octanol–water partition coefficient (Wildman–Crippen LogP) is 12.4. The first kappa shape index (κ1) is 30.7. The van der Waals surface area contributed by atoms with Gasteiger partial charge in [0.25, 0.3) is 0 Å². The summed E-state index contributed by atoms with van der Waals surface area (Å²) in [6, 6.07) is 65.9. The molecule has 3 heterocycles. The van der Waals surface area contributed by atoms with E-state index in [0.717, 1.165) is 82.8 Å². The van der Waals surface area contributed by atoms with E-state index in [2.05, 4.69) is 159 Å². The van der Waals surface area contributed by atoms with Crippen LogP contribution >= 0.6 is 0 Å². The number of hydrogen-bond donors (Lipinski definition) is 0. The lowest BCUT2D eigenvalue weighted by atomic mass is 9.96. The van der Waals surface area contributed by atoms with Crippen molar-refractivity contribution in [3.05, 3.63) is 187 Å². The van der Waals surface area contributed by atoms with E-state index in [9.17, 15) is 10.5 Å². The number of hydrogen-bond acceptors (Lipinski definition) is 2. The molecule has 8 aromatic carbocycles. The Balaban J connectivity index is 1.15. The molecule has 11 aromatic rings. The number of aromatic nitrogens is 3. The maximum atomic E-state index is 11.1. The van der Waals surface area contributed by atoms with Crippen LogP contribution in [0, 0.1) is 22.7 Å². The minimum absolute atomic E-state index is 0.586. The fourth-order valence-electron chi connectivity index (χ4n) is 8.90. The van der Waals surface area contributed by atoms with Gasteiger partial charge in [-0.1, -0.05) is 109 Å². The number of nitriles is 2. The second-order valence-corrected chi connectivity index (χ2v) is 13.9. The van der Waals surface area contributed by atoms with E-state index in [0.29, 0.717) is 11.1 Å². The summed E-state index contributed by atoms with van der Waals surface area (Å²) in [5, 5.41) is 27.8. The molecule has 0 atom stereocenters. The van der Waals surface area contributed by atoms with Gasteiger partial charge in [0.1, 0.15) is 6.07 Å². The van der Waals surface area contributed by atoms with Crippen LogP contribution in [0.2, 0.25) is 0 Å². The van der Waals surface area contributed by atoms with Gasteiger partial charge in [-0.3, -0.25) is 0 Å². The van der Waals surface area contributed by atoms with Crippen LogP contribution in [0.15, 0.2) is 176 Å². The van der Waals surface area contributed by atoms with Crippen molar-refractivity contribution in [1.29, 1.82) is 10.5 Å². The molecule has 0 fully saturated rings. The summed E-state index contributed by atoms with van der Waals surface area (Å²) in [4.78, 5) is 0. The number of rotatable bonds is 4. The molecule has 0 N–H and O–H groups in total. The third-order valence-corrected chi connectivity index (χ3v) is 11.1. The molecule has 0 aliphatic carbocycles. The van der Waals surface area contributed by atoms with Crippen molar-refractivity contribution in [3.8, 4) is 40.3 Å². The summed E-state index contributed by atoms with van der Waals surface area (Å²) < 4.78 is 6.82. The van der Waals surface area contributed by atoms with Gasteiger partial charge in [0.05, 0.1) is 61.7 Å². The van der Waals surface area contributed by atoms with Crippen molar-refractivity contribution < 1.29 is 0 Å². The zero-order valence-electron chi connectivity index (χ0n) is 29.5. The Bertz CT molecular complexity index is 3420. The van der Waals surface area contributed by atoms with Gasteiger partial charge in [0.2, 0.25) is 0 Å². The lowest BCUT2D eigenvalue weighted by Gasteiger charge is -2.17. The average Bonchev–Trinajstić information content (AvgIpc) is 3.89. The average molecular weight is 700 g/mol. The van der Waals surface area contributed by atoms with Gasteiger partial charge in [-0.2, -0.15) is 10.5 Å². The highest BCUT2D eigenvalue weighted by atomic mass is 15.0. The number of para-hydroxylation sites is 5. The molecular weight excluding hydrogens is 671 g/mol. The van der Waals surface area contributed by atoms with Crippen LogP contribution in [-0.2, 0) is 0 Å². The predicted molar refractivity (Wildman–Crippen MR) is 224 cm³/mol. The third-order valence-electron chi connectivity index (χ3n) is 11.1. The molecule has 0 bridgehead atoms. The van der Waals surface area contributed by atoms with Crippen LogP contribution in [0.4, 0.5) is 0 Å². The molecule has 5 heteroatoms. The fraction of sp³-hybridized carbons (Fsp3) is 0.